The Morgan fingerprint density at radius 3 is 2.47 bits per heavy atom. The van der Waals surface area contributed by atoms with Gasteiger partial charge in [0.05, 0.1) is 0 Å². The highest BCUT2D eigenvalue weighted by Gasteiger charge is 2.21. The van der Waals surface area contributed by atoms with E-state index >= 15 is 0 Å². The minimum atomic E-state index is 0.924. The van der Waals surface area contributed by atoms with Crippen LogP contribution in [0.1, 0.15) is 51.4 Å². The van der Waals surface area contributed by atoms with Crippen molar-refractivity contribution < 1.29 is 0 Å². The van der Waals surface area contributed by atoms with Gasteiger partial charge < -0.3 is 4.90 Å². The Morgan fingerprint density at radius 1 is 1.00 bits per heavy atom. The highest BCUT2D eigenvalue weighted by Crippen LogP contribution is 2.27. The van der Waals surface area contributed by atoms with E-state index in [-0.39, 0.29) is 0 Å². The molecular weight excluding hydrogens is 252 g/mol. The lowest BCUT2D eigenvalue weighted by Crippen LogP contribution is -2.37. The van der Waals surface area contributed by atoms with Gasteiger partial charge in [-0.2, -0.15) is 0 Å². The van der Waals surface area contributed by atoms with Gasteiger partial charge in [0.15, 0.2) is 0 Å². The summed E-state index contributed by atoms with van der Waals surface area (Å²) in [6, 6.07) is 0. The second-order valence-corrected chi connectivity index (χ2v) is 8.03. The van der Waals surface area contributed by atoms with E-state index in [0.29, 0.717) is 0 Å². The Hall–Kier alpha value is 0.270. The Balaban J connectivity index is 1.62. The highest BCUT2D eigenvalue weighted by molar-refractivity contribution is 7.96. The number of hydrogen-bond acceptors (Lipinski definition) is 3. The predicted molar refractivity (Wildman–Crippen MR) is 86.5 cm³/mol. The Bertz CT molecular complexity index is 239. The minimum Gasteiger partial charge on any atom is -0.303 e. The van der Waals surface area contributed by atoms with Crippen LogP contribution in [0.2, 0.25) is 0 Å². The van der Waals surface area contributed by atoms with Crippen LogP contribution in [0.15, 0.2) is 0 Å². The third-order valence-corrected chi connectivity index (χ3v) is 5.89. The molecule has 1 saturated carbocycles. The molecule has 0 aromatic rings. The van der Waals surface area contributed by atoms with Gasteiger partial charge in [-0.05, 0) is 58.3 Å². The summed E-state index contributed by atoms with van der Waals surface area (Å²) in [4.78, 5) is 2.75. The molecule has 1 aliphatic heterocycles. The molecule has 1 unspecified atom stereocenters. The van der Waals surface area contributed by atoms with Gasteiger partial charge in [-0.1, -0.05) is 44.1 Å². The molecule has 2 aliphatic rings. The fraction of sp³-hybridized carbons (Fsp3) is 1.00. The number of likely N-dealkylation sites (tertiary alicyclic amines) is 1. The van der Waals surface area contributed by atoms with Crippen molar-refractivity contribution >= 4 is 11.9 Å². The molecule has 2 rings (SSSR count). The van der Waals surface area contributed by atoms with Crippen LogP contribution in [0, 0.1) is 11.8 Å². The van der Waals surface area contributed by atoms with Crippen LogP contribution in [0.25, 0.3) is 0 Å². The summed E-state index contributed by atoms with van der Waals surface area (Å²) in [5.41, 5.74) is 0. The molecule has 2 fully saturated rings. The Labute approximate surface area is 124 Å². The molecule has 19 heavy (non-hydrogen) atoms. The maximum Gasteiger partial charge on any atom is 0.0121 e. The monoisotopic (exact) mass is 284 g/mol. The van der Waals surface area contributed by atoms with Gasteiger partial charge in [-0.15, -0.1) is 0 Å². The van der Waals surface area contributed by atoms with Gasteiger partial charge in [0.1, 0.15) is 0 Å². The van der Waals surface area contributed by atoms with Crippen molar-refractivity contribution in [3.8, 4) is 0 Å². The third-order valence-electron chi connectivity index (χ3n) is 4.75. The predicted octanol–water partition coefficient (Wildman–Crippen LogP) is 3.88. The smallest absolute Gasteiger partial charge is 0.0121 e. The lowest BCUT2D eigenvalue weighted by Gasteiger charge is -2.34. The molecular formula is C16H32N2S. The van der Waals surface area contributed by atoms with E-state index in [2.05, 4.69) is 23.3 Å². The first kappa shape index (κ1) is 15.7. The van der Waals surface area contributed by atoms with E-state index < -0.39 is 0 Å². The van der Waals surface area contributed by atoms with Crippen molar-refractivity contribution in [1.29, 1.82) is 0 Å². The topological polar surface area (TPSA) is 6.48 Å². The van der Waals surface area contributed by atoms with Crippen LogP contribution in [0.3, 0.4) is 0 Å². The molecule has 1 atom stereocenters. The van der Waals surface area contributed by atoms with Gasteiger partial charge in [-0.3, -0.25) is 4.31 Å². The normalized spacial score (nSPS) is 27.0. The van der Waals surface area contributed by atoms with E-state index in [9.17, 15) is 0 Å². The van der Waals surface area contributed by atoms with Crippen molar-refractivity contribution in [3.63, 3.8) is 0 Å². The molecule has 0 spiro atoms. The molecule has 1 saturated heterocycles. The van der Waals surface area contributed by atoms with Gasteiger partial charge in [0.25, 0.3) is 0 Å². The largest absolute Gasteiger partial charge is 0.303 e. The second-order valence-electron chi connectivity index (χ2n) is 6.71. The van der Waals surface area contributed by atoms with Gasteiger partial charge in [0, 0.05) is 12.3 Å². The van der Waals surface area contributed by atoms with E-state index in [1.54, 1.807) is 0 Å². The van der Waals surface area contributed by atoms with E-state index in [1.165, 1.54) is 76.8 Å². The quantitative estimate of drug-likeness (QED) is 0.684. The average molecular weight is 285 g/mol. The van der Waals surface area contributed by atoms with E-state index in [0.717, 1.165) is 11.8 Å². The van der Waals surface area contributed by atoms with Crippen LogP contribution in [-0.4, -0.2) is 48.7 Å². The molecule has 0 radical (unpaired) electrons. The molecule has 3 heteroatoms. The zero-order chi connectivity index (χ0) is 13.5. The lowest BCUT2D eigenvalue weighted by molar-refractivity contribution is 0.167. The third kappa shape index (κ3) is 6.05. The van der Waals surface area contributed by atoms with E-state index in [4.69, 9.17) is 0 Å². The summed E-state index contributed by atoms with van der Waals surface area (Å²) in [5.74, 6) is 3.28. The lowest BCUT2D eigenvalue weighted by atomic mass is 9.86. The SMILES string of the molecule is CN(C)SCC1CCCN(CCC2CCCCC2)C1. The summed E-state index contributed by atoms with van der Waals surface area (Å²) in [6.07, 6.45) is 11.8. The van der Waals surface area contributed by atoms with Crippen LogP contribution in [-0.2, 0) is 0 Å². The number of rotatable bonds is 6. The number of nitrogens with zero attached hydrogens (tertiary/aromatic N) is 2. The van der Waals surface area contributed by atoms with Crippen molar-refractivity contribution in [2.45, 2.75) is 51.4 Å². The molecule has 1 aliphatic carbocycles. The first-order chi connectivity index (χ1) is 9.24. The molecule has 1 heterocycles. The first-order valence-electron chi connectivity index (χ1n) is 8.26. The second kappa shape index (κ2) is 8.53. The summed E-state index contributed by atoms with van der Waals surface area (Å²) in [6.45, 7) is 4.08. The molecule has 2 nitrogen and oxygen atoms in total. The molecule has 0 aromatic heterocycles. The Kier molecular flexibility index (Phi) is 7.03. The standard InChI is InChI=1S/C16H32N2S/c1-17(2)19-14-16-9-6-11-18(13-16)12-10-15-7-4-3-5-8-15/h15-16H,3-14H2,1-2H3. The maximum atomic E-state index is 2.75. The van der Waals surface area contributed by atoms with Crippen molar-refractivity contribution in [1.82, 2.24) is 9.21 Å². The fourth-order valence-corrected chi connectivity index (χ4v) is 4.37. The molecule has 112 valence electrons. The van der Waals surface area contributed by atoms with Crippen molar-refractivity contribution in [3.05, 3.63) is 0 Å². The van der Waals surface area contributed by atoms with Crippen molar-refractivity contribution in [2.24, 2.45) is 11.8 Å². The average Bonchev–Trinajstić information content (AvgIpc) is 2.44. The summed E-state index contributed by atoms with van der Waals surface area (Å²) in [7, 11) is 4.32. The van der Waals surface area contributed by atoms with Gasteiger partial charge in [0.2, 0.25) is 0 Å². The van der Waals surface area contributed by atoms with Gasteiger partial charge >= 0.3 is 0 Å². The maximum absolute atomic E-state index is 2.75. The summed E-state index contributed by atoms with van der Waals surface area (Å²) in [5, 5.41) is 0. The van der Waals surface area contributed by atoms with Crippen LogP contribution in [0.4, 0.5) is 0 Å². The fourth-order valence-electron chi connectivity index (χ4n) is 3.59. The van der Waals surface area contributed by atoms with Crippen LogP contribution >= 0.6 is 11.9 Å². The molecule has 0 bridgehead atoms. The van der Waals surface area contributed by atoms with Crippen molar-refractivity contribution in [2.75, 3.05) is 39.5 Å². The van der Waals surface area contributed by atoms with Crippen LogP contribution in [0.5, 0.6) is 0 Å². The number of hydrogen-bond donors (Lipinski definition) is 0. The first-order valence-corrected chi connectivity index (χ1v) is 9.21. The number of piperidine rings is 1. The Morgan fingerprint density at radius 2 is 1.74 bits per heavy atom. The zero-order valence-electron chi connectivity index (χ0n) is 12.9. The van der Waals surface area contributed by atoms with E-state index in [1.807, 2.05) is 11.9 Å². The molecule has 0 aromatic carbocycles. The van der Waals surface area contributed by atoms with Crippen LogP contribution < -0.4 is 0 Å². The molecule has 0 N–H and O–H groups in total. The minimum absolute atomic E-state index is 0.924. The molecule has 0 amide bonds. The summed E-state index contributed by atoms with van der Waals surface area (Å²) >= 11 is 1.99. The van der Waals surface area contributed by atoms with Gasteiger partial charge in [-0.25, -0.2) is 0 Å². The highest BCUT2D eigenvalue weighted by atomic mass is 32.2. The zero-order valence-corrected chi connectivity index (χ0v) is 13.8. The summed E-state index contributed by atoms with van der Waals surface area (Å²) < 4.78 is 2.25.